The minimum Gasteiger partial charge on any atom is -0.481 e. The van der Waals surface area contributed by atoms with Crippen molar-refractivity contribution in [2.24, 2.45) is 0 Å². The normalized spacial score (nSPS) is 11.7. The van der Waals surface area contributed by atoms with E-state index in [0.29, 0.717) is 6.54 Å². The zero-order chi connectivity index (χ0) is 20.5. The Hall–Kier alpha value is -3.36. The van der Waals surface area contributed by atoms with Gasteiger partial charge in [0.25, 0.3) is 0 Å². The van der Waals surface area contributed by atoms with Crippen LogP contribution in [0.3, 0.4) is 0 Å². The Morgan fingerprint density at radius 3 is 2.21 bits per heavy atom. The maximum atomic E-state index is 12.4. The van der Waals surface area contributed by atoms with Crippen LogP contribution in [0.2, 0.25) is 0 Å². The first-order valence-corrected chi connectivity index (χ1v) is 9.14. The van der Waals surface area contributed by atoms with Crippen molar-refractivity contribution in [1.82, 2.24) is 5.32 Å². The highest BCUT2D eigenvalue weighted by Gasteiger charge is 2.15. The standard InChI is InChI=1S/C24H21F2NO2/c1-2-16-28-22-11-7-6-10-20(22)17-27-23(18-8-4-3-5-9-18)19-12-14-21(15-13-19)29-24(25)26/h1,3-15,23-24,27H,16-17H2. The second-order valence-electron chi connectivity index (χ2n) is 6.27. The molecule has 5 heteroatoms. The number of ether oxygens (including phenoxy) is 2. The summed E-state index contributed by atoms with van der Waals surface area (Å²) in [6, 6.07) is 24.1. The maximum Gasteiger partial charge on any atom is 0.387 e. The lowest BCUT2D eigenvalue weighted by molar-refractivity contribution is -0.0498. The van der Waals surface area contributed by atoms with Crippen LogP contribution in [-0.2, 0) is 6.54 Å². The average Bonchev–Trinajstić information content (AvgIpc) is 2.74. The van der Waals surface area contributed by atoms with Crippen LogP contribution >= 0.6 is 0 Å². The summed E-state index contributed by atoms with van der Waals surface area (Å²) in [7, 11) is 0. The summed E-state index contributed by atoms with van der Waals surface area (Å²) in [5, 5.41) is 3.53. The van der Waals surface area contributed by atoms with E-state index < -0.39 is 6.61 Å². The molecule has 3 rings (SSSR count). The van der Waals surface area contributed by atoms with Crippen molar-refractivity contribution in [3.05, 3.63) is 95.6 Å². The van der Waals surface area contributed by atoms with Crippen molar-refractivity contribution in [3.63, 3.8) is 0 Å². The van der Waals surface area contributed by atoms with Gasteiger partial charge in [-0.3, -0.25) is 0 Å². The van der Waals surface area contributed by atoms with Crippen molar-refractivity contribution in [3.8, 4) is 23.8 Å². The van der Waals surface area contributed by atoms with Gasteiger partial charge in [0, 0.05) is 12.1 Å². The molecule has 0 spiro atoms. The quantitative estimate of drug-likeness (QED) is 0.508. The van der Waals surface area contributed by atoms with Crippen LogP contribution in [0, 0.1) is 12.3 Å². The largest absolute Gasteiger partial charge is 0.481 e. The molecule has 1 atom stereocenters. The molecule has 0 aliphatic heterocycles. The topological polar surface area (TPSA) is 30.5 Å². The molecule has 1 unspecified atom stereocenters. The molecule has 0 aliphatic rings. The zero-order valence-corrected chi connectivity index (χ0v) is 15.7. The van der Waals surface area contributed by atoms with Gasteiger partial charge in [-0.15, -0.1) is 6.42 Å². The van der Waals surface area contributed by atoms with Gasteiger partial charge >= 0.3 is 6.61 Å². The number of para-hydroxylation sites is 1. The predicted octanol–water partition coefficient (Wildman–Crippen LogP) is 5.18. The van der Waals surface area contributed by atoms with Gasteiger partial charge in [-0.25, -0.2) is 0 Å². The SMILES string of the molecule is C#CCOc1ccccc1CNC(c1ccccc1)c1ccc(OC(F)F)cc1. The first-order chi connectivity index (χ1) is 14.2. The maximum absolute atomic E-state index is 12.4. The van der Waals surface area contributed by atoms with Crippen LogP contribution in [0.4, 0.5) is 8.78 Å². The van der Waals surface area contributed by atoms with E-state index in [-0.39, 0.29) is 18.4 Å². The third kappa shape index (κ3) is 5.81. The van der Waals surface area contributed by atoms with E-state index in [2.05, 4.69) is 16.0 Å². The van der Waals surface area contributed by atoms with Gasteiger partial charge in [0.2, 0.25) is 0 Å². The van der Waals surface area contributed by atoms with Crippen molar-refractivity contribution in [2.45, 2.75) is 19.2 Å². The smallest absolute Gasteiger partial charge is 0.387 e. The third-order valence-electron chi connectivity index (χ3n) is 4.35. The molecule has 0 aromatic heterocycles. The fourth-order valence-corrected chi connectivity index (χ4v) is 3.04. The van der Waals surface area contributed by atoms with Gasteiger partial charge in [0.05, 0.1) is 6.04 Å². The first kappa shape index (κ1) is 20.4. The van der Waals surface area contributed by atoms with E-state index in [1.54, 1.807) is 24.3 Å². The molecule has 0 saturated carbocycles. The van der Waals surface area contributed by atoms with Gasteiger partial charge in [-0.2, -0.15) is 8.78 Å². The predicted molar refractivity (Wildman–Crippen MR) is 109 cm³/mol. The summed E-state index contributed by atoms with van der Waals surface area (Å²) in [4.78, 5) is 0. The molecule has 29 heavy (non-hydrogen) atoms. The van der Waals surface area contributed by atoms with Crippen molar-refractivity contribution in [2.75, 3.05) is 6.61 Å². The van der Waals surface area contributed by atoms with Gasteiger partial charge in [-0.1, -0.05) is 66.6 Å². The van der Waals surface area contributed by atoms with Gasteiger partial charge in [0.15, 0.2) is 0 Å². The monoisotopic (exact) mass is 393 g/mol. The second-order valence-corrected chi connectivity index (χ2v) is 6.27. The van der Waals surface area contributed by atoms with Crippen molar-refractivity contribution >= 4 is 0 Å². The lowest BCUT2D eigenvalue weighted by atomic mass is 9.98. The molecule has 3 nitrogen and oxygen atoms in total. The fraction of sp³-hybridized carbons (Fsp3) is 0.167. The Morgan fingerprint density at radius 1 is 0.862 bits per heavy atom. The number of hydrogen-bond acceptors (Lipinski definition) is 3. The summed E-state index contributed by atoms with van der Waals surface area (Å²) in [5.74, 6) is 3.33. The first-order valence-electron chi connectivity index (χ1n) is 9.14. The number of alkyl halides is 2. The van der Waals surface area contributed by atoms with Crippen LogP contribution < -0.4 is 14.8 Å². The number of hydrogen-bond donors (Lipinski definition) is 1. The van der Waals surface area contributed by atoms with E-state index in [1.807, 2.05) is 54.6 Å². The molecule has 3 aromatic rings. The molecule has 148 valence electrons. The molecule has 0 heterocycles. The van der Waals surface area contributed by atoms with Crippen LogP contribution in [0.15, 0.2) is 78.9 Å². The minimum atomic E-state index is -2.84. The number of benzene rings is 3. The molecule has 0 bridgehead atoms. The summed E-state index contributed by atoms with van der Waals surface area (Å²) < 4.78 is 34.9. The van der Waals surface area contributed by atoms with Crippen LogP contribution in [0.25, 0.3) is 0 Å². The van der Waals surface area contributed by atoms with E-state index in [9.17, 15) is 8.78 Å². The van der Waals surface area contributed by atoms with Crippen molar-refractivity contribution < 1.29 is 18.3 Å². The van der Waals surface area contributed by atoms with Crippen LogP contribution in [0.5, 0.6) is 11.5 Å². The second kappa shape index (κ2) is 10.3. The molecular weight excluding hydrogens is 372 g/mol. The van der Waals surface area contributed by atoms with Gasteiger partial charge in [-0.05, 0) is 29.3 Å². The number of nitrogens with one attached hydrogen (secondary N) is 1. The lowest BCUT2D eigenvalue weighted by Gasteiger charge is -2.21. The minimum absolute atomic E-state index is 0.128. The van der Waals surface area contributed by atoms with Crippen LogP contribution in [-0.4, -0.2) is 13.2 Å². The molecule has 0 aliphatic carbocycles. The van der Waals surface area contributed by atoms with Gasteiger partial charge < -0.3 is 14.8 Å². The van der Waals surface area contributed by atoms with E-state index >= 15 is 0 Å². The highest BCUT2D eigenvalue weighted by molar-refractivity contribution is 5.37. The highest BCUT2D eigenvalue weighted by Crippen LogP contribution is 2.26. The highest BCUT2D eigenvalue weighted by atomic mass is 19.3. The molecule has 0 amide bonds. The Labute approximate surface area is 169 Å². The number of rotatable bonds is 9. The molecule has 0 saturated heterocycles. The third-order valence-corrected chi connectivity index (χ3v) is 4.35. The van der Waals surface area contributed by atoms with Crippen LogP contribution in [0.1, 0.15) is 22.7 Å². The van der Waals surface area contributed by atoms with Gasteiger partial charge in [0.1, 0.15) is 18.1 Å². The Morgan fingerprint density at radius 2 is 1.52 bits per heavy atom. The summed E-state index contributed by atoms with van der Waals surface area (Å²) in [6.07, 6.45) is 5.30. The Kier molecular flexibility index (Phi) is 7.21. The number of halogens is 2. The Balaban J connectivity index is 1.82. The zero-order valence-electron chi connectivity index (χ0n) is 15.7. The van der Waals surface area contributed by atoms with E-state index in [4.69, 9.17) is 11.2 Å². The molecular formula is C24H21F2NO2. The fourth-order valence-electron chi connectivity index (χ4n) is 3.04. The average molecular weight is 393 g/mol. The molecule has 0 radical (unpaired) electrons. The Bertz CT molecular complexity index is 937. The molecule has 3 aromatic carbocycles. The molecule has 1 N–H and O–H groups in total. The summed E-state index contributed by atoms with van der Waals surface area (Å²) in [6.45, 7) is -2.11. The van der Waals surface area contributed by atoms with Crippen molar-refractivity contribution in [1.29, 1.82) is 0 Å². The van der Waals surface area contributed by atoms with E-state index in [1.165, 1.54) is 0 Å². The molecule has 0 fully saturated rings. The lowest BCUT2D eigenvalue weighted by Crippen LogP contribution is -2.22. The van der Waals surface area contributed by atoms with E-state index in [0.717, 1.165) is 22.4 Å². The number of terminal acetylenes is 1. The summed E-state index contributed by atoms with van der Waals surface area (Å²) in [5.41, 5.74) is 2.96. The summed E-state index contributed by atoms with van der Waals surface area (Å²) >= 11 is 0.